The molecular weight excluding hydrogens is 288 g/mol. The van der Waals surface area contributed by atoms with Crippen molar-refractivity contribution in [2.75, 3.05) is 19.8 Å². The Labute approximate surface area is 127 Å². The molecule has 0 saturated carbocycles. The summed E-state index contributed by atoms with van der Waals surface area (Å²) in [6, 6.07) is 7.98. The van der Waals surface area contributed by atoms with Gasteiger partial charge in [0.2, 0.25) is 0 Å². The number of carboxylic acids is 1. The van der Waals surface area contributed by atoms with E-state index in [1.807, 2.05) is 25.1 Å². The van der Waals surface area contributed by atoms with Gasteiger partial charge in [0.15, 0.2) is 0 Å². The van der Waals surface area contributed by atoms with Gasteiger partial charge in [0, 0.05) is 6.04 Å². The van der Waals surface area contributed by atoms with E-state index in [0.29, 0.717) is 19.8 Å². The number of benzene rings is 1. The standard InChI is InChI=1S/C15H18N2O3S/c1-2-17(12-9-20-8-10(12)15(18)19)7-14-16-11-5-3-4-6-13(11)21-14/h3-6,10,12H,2,7-9H2,1H3,(H,18,19). The van der Waals surface area contributed by atoms with Crippen molar-refractivity contribution in [3.05, 3.63) is 29.3 Å². The summed E-state index contributed by atoms with van der Waals surface area (Å²) in [4.78, 5) is 18.1. The van der Waals surface area contributed by atoms with E-state index in [1.54, 1.807) is 11.3 Å². The molecule has 2 aromatic rings. The van der Waals surface area contributed by atoms with Crippen LogP contribution in [-0.4, -0.2) is 46.8 Å². The average molecular weight is 306 g/mol. The molecule has 21 heavy (non-hydrogen) atoms. The van der Waals surface area contributed by atoms with Crippen molar-refractivity contribution in [3.8, 4) is 0 Å². The summed E-state index contributed by atoms with van der Waals surface area (Å²) >= 11 is 1.67. The fourth-order valence-corrected chi connectivity index (χ4v) is 3.76. The van der Waals surface area contributed by atoms with Crippen molar-refractivity contribution in [2.45, 2.75) is 19.5 Å². The summed E-state index contributed by atoms with van der Waals surface area (Å²) in [7, 11) is 0. The monoisotopic (exact) mass is 306 g/mol. The molecule has 2 heterocycles. The van der Waals surface area contributed by atoms with Gasteiger partial charge in [-0.05, 0) is 18.7 Å². The van der Waals surface area contributed by atoms with E-state index in [2.05, 4.69) is 16.0 Å². The number of para-hydroxylation sites is 1. The van der Waals surface area contributed by atoms with E-state index in [4.69, 9.17) is 4.74 Å². The molecule has 1 aromatic heterocycles. The van der Waals surface area contributed by atoms with Crippen LogP contribution >= 0.6 is 11.3 Å². The van der Waals surface area contributed by atoms with Crippen LogP contribution in [0.4, 0.5) is 0 Å². The Hall–Kier alpha value is -1.50. The number of carboxylic acid groups (broad SMARTS) is 1. The minimum Gasteiger partial charge on any atom is -0.481 e. The van der Waals surface area contributed by atoms with Gasteiger partial charge in [-0.3, -0.25) is 9.69 Å². The summed E-state index contributed by atoms with van der Waals surface area (Å²) in [6.07, 6.45) is 0. The van der Waals surface area contributed by atoms with Crippen molar-refractivity contribution in [2.24, 2.45) is 5.92 Å². The Morgan fingerprint density at radius 3 is 3.00 bits per heavy atom. The fraction of sp³-hybridized carbons (Fsp3) is 0.467. The van der Waals surface area contributed by atoms with Crippen molar-refractivity contribution < 1.29 is 14.6 Å². The number of aromatic nitrogens is 1. The molecule has 3 rings (SSSR count). The summed E-state index contributed by atoms with van der Waals surface area (Å²) in [5, 5.41) is 10.3. The van der Waals surface area contributed by atoms with Crippen molar-refractivity contribution in [3.63, 3.8) is 0 Å². The maximum Gasteiger partial charge on any atom is 0.310 e. The lowest BCUT2D eigenvalue weighted by Crippen LogP contribution is -2.42. The summed E-state index contributed by atoms with van der Waals surface area (Å²) in [5.41, 5.74) is 1.01. The Morgan fingerprint density at radius 2 is 2.29 bits per heavy atom. The predicted molar refractivity (Wildman–Crippen MR) is 81.4 cm³/mol. The Morgan fingerprint density at radius 1 is 1.48 bits per heavy atom. The first-order valence-electron chi connectivity index (χ1n) is 7.08. The van der Waals surface area contributed by atoms with Gasteiger partial charge in [0.1, 0.15) is 5.01 Å². The molecule has 1 N–H and O–H groups in total. The first-order chi connectivity index (χ1) is 10.2. The molecular formula is C15H18N2O3S. The fourth-order valence-electron chi connectivity index (χ4n) is 2.76. The van der Waals surface area contributed by atoms with Crippen LogP contribution in [0.1, 0.15) is 11.9 Å². The number of likely N-dealkylation sites (N-methyl/N-ethyl adjacent to an activating group) is 1. The first kappa shape index (κ1) is 14.4. The van der Waals surface area contributed by atoms with Gasteiger partial charge >= 0.3 is 5.97 Å². The first-order valence-corrected chi connectivity index (χ1v) is 7.89. The number of aliphatic carboxylic acids is 1. The average Bonchev–Trinajstić information content (AvgIpc) is 3.10. The highest BCUT2D eigenvalue weighted by Gasteiger charge is 2.37. The van der Waals surface area contributed by atoms with Crippen LogP contribution in [0.3, 0.4) is 0 Å². The van der Waals surface area contributed by atoms with E-state index in [0.717, 1.165) is 17.1 Å². The topological polar surface area (TPSA) is 62.7 Å². The van der Waals surface area contributed by atoms with E-state index in [1.165, 1.54) is 4.70 Å². The Kier molecular flexibility index (Phi) is 4.19. The van der Waals surface area contributed by atoms with E-state index in [-0.39, 0.29) is 6.04 Å². The Bertz CT molecular complexity index is 610. The van der Waals surface area contributed by atoms with Gasteiger partial charge in [0.05, 0.1) is 35.9 Å². The molecule has 1 fully saturated rings. The van der Waals surface area contributed by atoms with E-state index in [9.17, 15) is 9.90 Å². The lowest BCUT2D eigenvalue weighted by Gasteiger charge is -2.28. The smallest absolute Gasteiger partial charge is 0.310 e. The van der Waals surface area contributed by atoms with Gasteiger partial charge < -0.3 is 9.84 Å². The molecule has 1 aromatic carbocycles. The quantitative estimate of drug-likeness (QED) is 0.917. The molecule has 1 aliphatic heterocycles. The van der Waals surface area contributed by atoms with Crippen LogP contribution in [0.2, 0.25) is 0 Å². The van der Waals surface area contributed by atoms with Crippen LogP contribution in [0, 0.1) is 5.92 Å². The number of hydrogen-bond acceptors (Lipinski definition) is 5. The highest BCUT2D eigenvalue weighted by atomic mass is 32.1. The molecule has 2 atom stereocenters. The lowest BCUT2D eigenvalue weighted by molar-refractivity contribution is -0.143. The van der Waals surface area contributed by atoms with Crippen LogP contribution in [-0.2, 0) is 16.1 Å². The number of ether oxygens (including phenoxy) is 1. The third-order valence-corrected chi connectivity index (χ3v) is 4.94. The van der Waals surface area contributed by atoms with Gasteiger partial charge in [-0.1, -0.05) is 19.1 Å². The minimum atomic E-state index is -0.778. The van der Waals surface area contributed by atoms with E-state index >= 15 is 0 Å². The van der Waals surface area contributed by atoms with Crippen molar-refractivity contribution in [1.82, 2.24) is 9.88 Å². The Balaban J connectivity index is 1.79. The number of fused-ring (bicyclic) bond motifs is 1. The molecule has 0 radical (unpaired) electrons. The van der Waals surface area contributed by atoms with Crippen LogP contribution < -0.4 is 0 Å². The molecule has 2 unspecified atom stereocenters. The second kappa shape index (κ2) is 6.09. The largest absolute Gasteiger partial charge is 0.481 e. The number of thiazole rings is 1. The van der Waals surface area contributed by atoms with Gasteiger partial charge in [-0.15, -0.1) is 11.3 Å². The minimum absolute atomic E-state index is 0.0699. The van der Waals surface area contributed by atoms with E-state index < -0.39 is 11.9 Å². The lowest BCUT2D eigenvalue weighted by atomic mass is 10.0. The van der Waals surface area contributed by atoms with Crippen LogP contribution in [0.25, 0.3) is 10.2 Å². The normalized spacial score (nSPS) is 22.2. The SMILES string of the molecule is CCN(Cc1nc2ccccc2s1)C1COCC1C(=O)O. The molecule has 0 spiro atoms. The van der Waals surface area contributed by atoms with Gasteiger partial charge in [-0.2, -0.15) is 0 Å². The van der Waals surface area contributed by atoms with Crippen LogP contribution in [0.15, 0.2) is 24.3 Å². The second-order valence-electron chi connectivity index (χ2n) is 5.19. The van der Waals surface area contributed by atoms with Gasteiger partial charge in [-0.25, -0.2) is 4.98 Å². The maximum atomic E-state index is 11.3. The highest BCUT2D eigenvalue weighted by Crippen LogP contribution is 2.26. The third kappa shape index (κ3) is 2.92. The van der Waals surface area contributed by atoms with Gasteiger partial charge in [0.25, 0.3) is 0 Å². The molecule has 1 aliphatic rings. The van der Waals surface area contributed by atoms with Crippen LogP contribution in [0.5, 0.6) is 0 Å². The molecule has 5 nitrogen and oxygen atoms in total. The molecule has 112 valence electrons. The summed E-state index contributed by atoms with van der Waals surface area (Å²) in [6.45, 7) is 4.29. The maximum absolute atomic E-state index is 11.3. The summed E-state index contributed by atoms with van der Waals surface area (Å²) < 4.78 is 6.54. The molecule has 1 saturated heterocycles. The number of nitrogens with zero attached hydrogens (tertiary/aromatic N) is 2. The predicted octanol–water partition coefficient (Wildman–Crippen LogP) is 2.22. The van der Waals surface area contributed by atoms with Crippen molar-refractivity contribution in [1.29, 1.82) is 0 Å². The number of hydrogen-bond donors (Lipinski definition) is 1. The molecule has 6 heteroatoms. The second-order valence-corrected chi connectivity index (χ2v) is 6.30. The summed E-state index contributed by atoms with van der Waals surface area (Å²) in [5.74, 6) is -1.22. The molecule has 0 aliphatic carbocycles. The zero-order valence-electron chi connectivity index (χ0n) is 11.9. The third-order valence-electron chi connectivity index (χ3n) is 3.92. The zero-order chi connectivity index (χ0) is 14.8. The number of carbonyl (C=O) groups is 1. The number of rotatable bonds is 5. The highest BCUT2D eigenvalue weighted by molar-refractivity contribution is 7.18. The zero-order valence-corrected chi connectivity index (χ0v) is 12.7. The molecule has 0 bridgehead atoms. The molecule has 0 amide bonds. The van der Waals surface area contributed by atoms with Crippen molar-refractivity contribution >= 4 is 27.5 Å².